The van der Waals surface area contributed by atoms with Gasteiger partial charge in [-0.1, -0.05) is 30.3 Å². The molecule has 4 atom stereocenters. The number of hydrogen-bond donors (Lipinski definition) is 3. The highest BCUT2D eigenvalue weighted by molar-refractivity contribution is 5.13. The first-order valence-electron chi connectivity index (χ1n) is 7.11. The van der Waals surface area contributed by atoms with Crippen molar-refractivity contribution in [2.75, 3.05) is 13.1 Å². The maximum atomic E-state index is 9.89. The molecule has 1 heterocycles. The van der Waals surface area contributed by atoms with Gasteiger partial charge in [0.15, 0.2) is 0 Å². The monoisotopic (exact) mass is 262 g/mol. The normalized spacial score (nSPS) is 31.3. The zero-order valence-corrected chi connectivity index (χ0v) is 11.1. The summed E-state index contributed by atoms with van der Waals surface area (Å²) < 4.78 is 5.44. The lowest BCUT2D eigenvalue weighted by Gasteiger charge is -2.19. The molecule has 2 fully saturated rings. The number of benzene rings is 1. The van der Waals surface area contributed by atoms with Crippen molar-refractivity contribution >= 4 is 0 Å². The summed E-state index contributed by atoms with van der Waals surface area (Å²) in [5.74, 6) is 1.55. The van der Waals surface area contributed by atoms with Crippen molar-refractivity contribution in [3.63, 3.8) is 0 Å². The molecule has 0 amide bonds. The molecule has 4 heteroatoms. The minimum absolute atomic E-state index is 0.392. The summed E-state index contributed by atoms with van der Waals surface area (Å²) in [5, 5.41) is 16.5. The largest absolute Gasteiger partial charge is 0.356 e. The van der Waals surface area contributed by atoms with E-state index in [1.807, 2.05) is 30.3 Å². The molecule has 1 aliphatic carbocycles. The van der Waals surface area contributed by atoms with E-state index in [0.29, 0.717) is 12.6 Å². The average molecular weight is 262 g/mol. The Bertz CT molecular complexity index is 386. The fourth-order valence-electron chi connectivity index (χ4n) is 3.30. The van der Waals surface area contributed by atoms with E-state index in [0.717, 1.165) is 43.3 Å². The van der Waals surface area contributed by atoms with Gasteiger partial charge in [0.2, 0.25) is 6.41 Å². The van der Waals surface area contributed by atoms with Crippen LogP contribution in [0, 0.1) is 11.8 Å². The molecule has 1 aromatic rings. The minimum atomic E-state index is -0.864. The number of hydrogen-bond acceptors (Lipinski definition) is 4. The minimum Gasteiger partial charge on any atom is -0.356 e. The van der Waals surface area contributed by atoms with Crippen molar-refractivity contribution in [3.8, 4) is 0 Å². The van der Waals surface area contributed by atoms with Gasteiger partial charge in [-0.25, -0.2) is 0 Å². The SMILES string of the molecule is OC(NC1C[C@H]2CNC[C@H]2C1)OCc1ccccc1. The second-order valence-electron chi connectivity index (χ2n) is 5.66. The summed E-state index contributed by atoms with van der Waals surface area (Å²) in [7, 11) is 0. The first-order valence-corrected chi connectivity index (χ1v) is 7.11. The summed E-state index contributed by atoms with van der Waals surface area (Å²) in [6.45, 7) is 2.70. The van der Waals surface area contributed by atoms with E-state index in [1.165, 1.54) is 0 Å². The predicted octanol–water partition coefficient (Wildman–Crippen LogP) is 1.07. The van der Waals surface area contributed by atoms with Crippen LogP contribution in [0.5, 0.6) is 0 Å². The van der Waals surface area contributed by atoms with Crippen molar-refractivity contribution in [1.29, 1.82) is 0 Å². The molecule has 0 spiro atoms. The lowest BCUT2D eigenvalue weighted by Crippen LogP contribution is -2.39. The topological polar surface area (TPSA) is 53.5 Å². The van der Waals surface area contributed by atoms with Crippen molar-refractivity contribution in [2.24, 2.45) is 11.8 Å². The van der Waals surface area contributed by atoms with E-state index in [9.17, 15) is 5.11 Å². The number of fused-ring (bicyclic) bond motifs is 1. The lowest BCUT2D eigenvalue weighted by atomic mass is 10.0. The molecule has 1 saturated heterocycles. The van der Waals surface area contributed by atoms with E-state index in [1.54, 1.807) is 0 Å². The van der Waals surface area contributed by atoms with Gasteiger partial charge in [0.05, 0.1) is 6.61 Å². The highest BCUT2D eigenvalue weighted by atomic mass is 16.6. The fraction of sp³-hybridized carbons (Fsp3) is 0.600. The van der Waals surface area contributed by atoms with E-state index >= 15 is 0 Å². The van der Waals surface area contributed by atoms with Crippen LogP contribution < -0.4 is 10.6 Å². The van der Waals surface area contributed by atoms with Gasteiger partial charge in [-0.15, -0.1) is 0 Å². The van der Waals surface area contributed by atoms with Crippen LogP contribution in [0.15, 0.2) is 30.3 Å². The number of aliphatic hydroxyl groups excluding tert-OH is 1. The standard InChI is InChI=1S/C15H22N2O2/c18-15(19-10-11-4-2-1-3-5-11)17-14-6-12-8-16-9-13(12)7-14/h1-5,12-18H,6-10H2/t12-,13+,14?,15?. The van der Waals surface area contributed by atoms with E-state index < -0.39 is 6.41 Å². The first kappa shape index (κ1) is 13.1. The Labute approximate surface area is 114 Å². The van der Waals surface area contributed by atoms with Crippen LogP contribution in [0.25, 0.3) is 0 Å². The summed E-state index contributed by atoms with van der Waals surface area (Å²) in [6, 6.07) is 10.3. The highest BCUT2D eigenvalue weighted by Crippen LogP contribution is 2.34. The van der Waals surface area contributed by atoms with Gasteiger partial charge in [0.25, 0.3) is 0 Å². The Morgan fingerprint density at radius 3 is 2.58 bits per heavy atom. The molecule has 3 rings (SSSR count). The van der Waals surface area contributed by atoms with Crippen molar-refractivity contribution in [3.05, 3.63) is 35.9 Å². The Morgan fingerprint density at radius 1 is 1.21 bits per heavy atom. The van der Waals surface area contributed by atoms with Gasteiger partial charge < -0.3 is 15.2 Å². The van der Waals surface area contributed by atoms with Crippen molar-refractivity contribution < 1.29 is 9.84 Å². The van der Waals surface area contributed by atoms with E-state index in [-0.39, 0.29) is 0 Å². The zero-order valence-electron chi connectivity index (χ0n) is 11.1. The van der Waals surface area contributed by atoms with Crippen molar-refractivity contribution in [2.45, 2.75) is 31.9 Å². The van der Waals surface area contributed by atoms with E-state index in [2.05, 4.69) is 10.6 Å². The number of nitrogens with one attached hydrogen (secondary N) is 2. The maximum absolute atomic E-state index is 9.89. The van der Waals surface area contributed by atoms with Gasteiger partial charge in [0, 0.05) is 6.04 Å². The molecule has 2 unspecified atom stereocenters. The van der Waals surface area contributed by atoms with Gasteiger partial charge in [0.1, 0.15) is 0 Å². The van der Waals surface area contributed by atoms with Gasteiger partial charge >= 0.3 is 0 Å². The molecule has 0 radical (unpaired) electrons. The molecular formula is C15H22N2O2. The van der Waals surface area contributed by atoms with Crippen LogP contribution in [0.3, 0.4) is 0 Å². The maximum Gasteiger partial charge on any atom is 0.214 e. The molecule has 2 aliphatic rings. The second kappa shape index (κ2) is 6.01. The Hall–Kier alpha value is -0.940. The third-order valence-electron chi connectivity index (χ3n) is 4.28. The molecule has 19 heavy (non-hydrogen) atoms. The fourth-order valence-corrected chi connectivity index (χ4v) is 3.30. The summed E-state index contributed by atoms with van der Waals surface area (Å²) in [5.41, 5.74) is 1.08. The average Bonchev–Trinajstić information content (AvgIpc) is 2.98. The summed E-state index contributed by atoms with van der Waals surface area (Å²) >= 11 is 0. The summed E-state index contributed by atoms with van der Waals surface area (Å²) in [6.07, 6.45) is 1.42. The molecule has 4 nitrogen and oxygen atoms in total. The number of aliphatic hydroxyl groups is 1. The van der Waals surface area contributed by atoms with Gasteiger partial charge in [-0.2, -0.15) is 0 Å². The molecule has 104 valence electrons. The summed E-state index contributed by atoms with van der Waals surface area (Å²) in [4.78, 5) is 0. The van der Waals surface area contributed by atoms with Crippen LogP contribution in [0.1, 0.15) is 18.4 Å². The smallest absolute Gasteiger partial charge is 0.214 e. The number of ether oxygens (including phenoxy) is 1. The Kier molecular flexibility index (Phi) is 4.13. The van der Waals surface area contributed by atoms with Gasteiger partial charge in [-0.05, 0) is 43.3 Å². The quantitative estimate of drug-likeness (QED) is 0.695. The van der Waals surface area contributed by atoms with Gasteiger partial charge in [-0.3, -0.25) is 5.32 Å². The third kappa shape index (κ3) is 3.34. The highest BCUT2D eigenvalue weighted by Gasteiger charge is 2.37. The molecule has 1 aliphatic heterocycles. The molecule has 3 N–H and O–H groups in total. The van der Waals surface area contributed by atoms with Crippen LogP contribution in [0.2, 0.25) is 0 Å². The lowest BCUT2D eigenvalue weighted by molar-refractivity contribution is -0.134. The number of rotatable bonds is 5. The van der Waals surface area contributed by atoms with Crippen LogP contribution >= 0.6 is 0 Å². The first-order chi connectivity index (χ1) is 9.31. The molecule has 0 aromatic heterocycles. The zero-order chi connectivity index (χ0) is 13.1. The Balaban J connectivity index is 1.41. The van der Waals surface area contributed by atoms with Crippen molar-refractivity contribution in [1.82, 2.24) is 10.6 Å². The molecule has 1 saturated carbocycles. The van der Waals surface area contributed by atoms with Crippen LogP contribution in [-0.4, -0.2) is 30.7 Å². The molecule has 0 bridgehead atoms. The van der Waals surface area contributed by atoms with Crippen LogP contribution in [-0.2, 0) is 11.3 Å². The molecular weight excluding hydrogens is 240 g/mol. The van der Waals surface area contributed by atoms with Crippen LogP contribution in [0.4, 0.5) is 0 Å². The molecule has 1 aromatic carbocycles. The predicted molar refractivity (Wildman–Crippen MR) is 73.2 cm³/mol. The Morgan fingerprint density at radius 2 is 1.89 bits per heavy atom. The second-order valence-corrected chi connectivity index (χ2v) is 5.66. The third-order valence-corrected chi connectivity index (χ3v) is 4.28. The van der Waals surface area contributed by atoms with E-state index in [4.69, 9.17) is 4.74 Å².